The van der Waals surface area contributed by atoms with Gasteiger partial charge in [0.05, 0.1) is 5.75 Å². The smallest absolute Gasteiger partial charge is 0.241 e. The molecule has 0 unspecified atom stereocenters. The van der Waals surface area contributed by atoms with E-state index < -0.39 is 15.7 Å². The summed E-state index contributed by atoms with van der Waals surface area (Å²) < 4.78 is 41.8. The minimum Gasteiger partial charge on any atom is -0.338 e. The molecule has 0 radical (unpaired) electrons. The summed E-state index contributed by atoms with van der Waals surface area (Å²) in [5.74, 6) is -0.695. The summed E-state index contributed by atoms with van der Waals surface area (Å²) >= 11 is 5.81. The number of benzene rings is 1. The third kappa shape index (κ3) is 3.77. The number of sulfone groups is 1. The SMILES string of the molecule is CCc1noc(CS(=O)(=O)Cc2ccc(F)cc2Cl)n1. The molecule has 0 bridgehead atoms. The molecule has 0 fully saturated rings. The summed E-state index contributed by atoms with van der Waals surface area (Å²) in [7, 11) is -3.52. The predicted molar refractivity (Wildman–Crippen MR) is 71.4 cm³/mol. The van der Waals surface area contributed by atoms with Gasteiger partial charge in [-0.2, -0.15) is 4.98 Å². The fraction of sp³-hybridized carbons (Fsp3) is 0.333. The van der Waals surface area contributed by atoms with Crippen LogP contribution in [0, 0.1) is 5.82 Å². The molecule has 1 aromatic heterocycles. The van der Waals surface area contributed by atoms with Gasteiger partial charge in [0.2, 0.25) is 5.89 Å². The lowest BCUT2D eigenvalue weighted by Gasteiger charge is -2.04. The molecule has 2 rings (SSSR count). The largest absolute Gasteiger partial charge is 0.338 e. The Hall–Kier alpha value is -1.47. The highest BCUT2D eigenvalue weighted by Crippen LogP contribution is 2.21. The van der Waals surface area contributed by atoms with Crippen LogP contribution >= 0.6 is 11.6 Å². The molecule has 0 aliphatic carbocycles. The maximum Gasteiger partial charge on any atom is 0.241 e. The van der Waals surface area contributed by atoms with E-state index in [0.29, 0.717) is 17.8 Å². The third-order valence-electron chi connectivity index (χ3n) is 2.56. The fourth-order valence-electron chi connectivity index (χ4n) is 1.61. The van der Waals surface area contributed by atoms with Crippen LogP contribution in [-0.2, 0) is 27.8 Å². The lowest BCUT2D eigenvalue weighted by atomic mass is 10.2. The Morgan fingerprint density at radius 1 is 1.35 bits per heavy atom. The van der Waals surface area contributed by atoms with Crippen molar-refractivity contribution in [3.05, 3.63) is 46.3 Å². The van der Waals surface area contributed by atoms with E-state index in [0.717, 1.165) is 6.07 Å². The van der Waals surface area contributed by atoms with Gasteiger partial charge in [-0.25, -0.2) is 12.8 Å². The van der Waals surface area contributed by atoms with E-state index in [1.54, 1.807) is 0 Å². The highest BCUT2D eigenvalue weighted by atomic mass is 35.5. The van der Waals surface area contributed by atoms with Crippen molar-refractivity contribution >= 4 is 21.4 Å². The summed E-state index contributed by atoms with van der Waals surface area (Å²) in [5, 5.41) is 3.71. The highest BCUT2D eigenvalue weighted by molar-refractivity contribution is 7.89. The van der Waals surface area contributed by atoms with Crippen molar-refractivity contribution in [1.29, 1.82) is 0 Å². The topological polar surface area (TPSA) is 73.1 Å². The average Bonchev–Trinajstić information content (AvgIpc) is 2.79. The zero-order valence-electron chi connectivity index (χ0n) is 10.6. The van der Waals surface area contributed by atoms with E-state index in [2.05, 4.69) is 10.1 Å². The van der Waals surface area contributed by atoms with Crippen molar-refractivity contribution in [2.75, 3.05) is 0 Å². The fourth-order valence-corrected chi connectivity index (χ4v) is 3.24. The second-order valence-electron chi connectivity index (χ2n) is 4.23. The molecule has 0 aliphatic heterocycles. The first-order valence-electron chi connectivity index (χ1n) is 5.85. The monoisotopic (exact) mass is 318 g/mol. The molecule has 1 aromatic carbocycles. The van der Waals surface area contributed by atoms with Crippen LogP contribution in [0.1, 0.15) is 24.2 Å². The van der Waals surface area contributed by atoms with Crippen LogP contribution in [0.25, 0.3) is 0 Å². The quantitative estimate of drug-likeness (QED) is 0.847. The number of aryl methyl sites for hydroxylation is 1. The second-order valence-corrected chi connectivity index (χ2v) is 6.70. The molecular weight excluding hydrogens is 307 g/mol. The second kappa shape index (κ2) is 5.88. The first kappa shape index (κ1) is 14.9. The Morgan fingerprint density at radius 3 is 2.70 bits per heavy atom. The van der Waals surface area contributed by atoms with Crippen LogP contribution in [0.4, 0.5) is 4.39 Å². The maximum absolute atomic E-state index is 12.9. The van der Waals surface area contributed by atoms with Crippen LogP contribution in [-0.4, -0.2) is 18.6 Å². The number of hydrogen-bond acceptors (Lipinski definition) is 5. The summed E-state index contributed by atoms with van der Waals surface area (Å²) in [4.78, 5) is 3.94. The van der Waals surface area contributed by atoms with Gasteiger partial charge in [-0.1, -0.05) is 29.7 Å². The number of hydrogen-bond donors (Lipinski definition) is 0. The van der Waals surface area contributed by atoms with Gasteiger partial charge < -0.3 is 4.52 Å². The van der Waals surface area contributed by atoms with Gasteiger partial charge in [0.15, 0.2) is 15.7 Å². The Morgan fingerprint density at radius 2 is 2.10 bits per heavy atom. The molecule has 0 saturated heterocycles. The number of aromatic nitrogens is 2. The first-order valence-corrected chi connectivity index (χ1v) is 8.05. The van der Waals surface area contributed by atoms with Gasteiger partial charge in [-0.3, -0.25) is 0 Å². The molecule has 0 spiro atoms. The van der Waals surface area contributed by atoms with Gasteiger partial charge >= 0.3 is 0 Å². The molecule has 108 valence electrons. The molecule has 1 heterocycles. The Labute approximate surface area is 120 Å². The molecule has 0 N–H and O–H groups in total. The third-order valence-corrected chi connectivity index (χ3v) is 4.35. The first-order chi connectivity index (χ1) is 9.39. The highest BCUT2D eigenvalue weighted by Gasteiger charge is 2.19. The zero-order chi connectivity index (χ0) is 14.8. The predicted octanol–water partition coefficient (Wildman–Crippen LogP) is 2.54. The van der Waals surface area contributed by atoms with Crippen LogP contribution < -0.4 is 0 Å². The van der Waals surface area contributed by atoms with Crippen molar-refractivity contribution in [3.8, 4) is 0 Å². The van der Waals surface area contributed by atoms with Crippen LogP contribution in [0.2, 0.25) is 5.02 Å². The molecule has 8 heteroatoms. The molecule has 0 saturated carbocycles. The molecular formula is C12H12ClFN2O3S. The summed E-state index contributed by atoms with van der Waals surface area (Å²) in [5.41, 5.74) is 0.336. The van der Waals surface area contributed by atoms with E-state index in [1.807, 2.05) is 6.92 Å². The summed E-state index contributed by atoms with van der Waals surface area (Å²) in [6, 6.07) is 3.59. The minimum absolute atomic E-state index is 0.0417. The van der Waals surface area contributed by atoms with E-state index >= 15 is 0 Å². The standard InChI is InChI=1S/C12H12ClFN2O3S/c1-2-11-15-12(19-16-11)7-20(17,18)6-8-3-4-9(14)5-10(8)13/h3-5H,2,6-7H2,1H3. The molecule has 0 atom stereocenters. The van der Waals surface area contributed by atoms with Crippen molar-refractivity contribution in [3.63, 3.8) is 0 Å². The van der Waals surface area contributed by atoms with Gasteiger partial charge in [-0.05, 0) is 17.7 Å². The molecule has 0 aliphatic rings. The van der Waals surface area contributed by atoms with Crippen molar-refractivity contribution in [2.45, 2.75) is 24.9 Å². The molecule has 0 amide bonds. The van der Waals surface area contributed by atoms with E-state index in [-0.39, 0.29) is 22.4 Å². The number of halogens is 2. The molecule has 2 aromatic rings. The van der Waals surface area contributed by atoms with E-state index in [9.17, 15) is 12.8 Å². The maximum atomic E-state index is 12.9. The normalized spacial score (nSPS) is 11.8. The Kier molecular flexibility index (Phi) is 4.39. The van der Waals surface area contributed by atoms with Crippen LogP contribution in [0.15, 0.2) is 22.7 Å². The van der Waals surface area contributed by atoms with Crippen LogP contribution in [0.3, 0.4) is 0 Å². The Balaban J connectivity index is 2.14. The lowest BCUT2D eigenvalue weighted by Crippen LogP contribution is -2.08. The molecule has 20 heavy (non-hydrogen) atoms. The van der Waals surface area contributed by atoms with Crippen molar-refractivity contribution in [1.82, 2.24) is 10.1 Å². The number of rotatable bonds is 5. The van der Waals surface area contributed by atoms with Gasteiger partial charge in [0.1, 0.15) is 11.6 Å². The summed E-state index contributed by atoms with van der Waals surface area (Å²) in [6.07, 6.45) is 0.563. The zero-order valence-corrected chi connectivity index (χ0v) is 12.2. The van der Waals surface area contributed by atoms with E-state index in [1.165, 1.54) is 12.1 Å². The van der Waals surface area contributed by atoms with Gasteiger partial charge in [-0.15, -0.1) is 0 Å². The van der Waals surface area contributed by atoms with Gasteiger partial charge in [0, 0.05) is 11.4 Å². The van der Waals surface area contributed by atoms with Crippen molar-refractivity contribution < 1.29 is 17.3 Å². The minimum atomic E-state index is -3.52. The van der Waals surface area contributed by atoms with Crippen molar-refractivity contribution in [2.24, 2.45) is 0 Å². The lowest BCUT2D eigenvalue weighted by molar-refractivity contribution is 0.383. The number of nitrogens with zero attached hydrogens (tertiary/aromatic N) is 2. The molecule has 5 nitrogen and oxygen atoms in total. The average molecular weight is 319 g/mol. The van der Waals surface area contributed by atoms with Gasteiger partial charge in [0.25, 0.3) is 0 Å². The Bertz CT molecular complexity index is 715. The summed E-state index contributed by atoms with van der Waals surface area (Å²) in [6.45, 7) is 1.83. The van der Waals surface area contributed by atoms with E-state index in [4.69, 9.17) is 16.1 Å². The van der Waals surface area contributed by atoms with Crippen LogP contribution in [0.5, 0.6) is 0 Å².